The number of carbonyl (C=O) groups is 1. The molecular formula is C26H26N4O4S. The number of benzene rings is 2. The third-order valence-corrected chi connectivity index (χ3v) is 7.30. The molecular weight excluding hydrogens is 464 g/mol. The Morgan fingerprint density at radius 1 is 1.11 bits per heavy atom. The first-order valence-electron chi connectivity index (χ1n) is 11.2. The Labute approximate surface area is 203 Å². The topological polar surface area (TPSA) is 104 Å². The summed E-state index contributed by atoms with van der Waals surface area (Å²) in [6.45, 7) is 4.13. The Kier molecular flexibility index (Phi) is 5.32. The van der Waals surface area contributed by atoms with Crippen molar-refractivity contribution in [2.24, 2.45) is 7.05 Å². The SMILES string of the molecule is Cc1cccc(C)c1NC(=O)N1Cc2c[nH]c3c(=O)n(C)cc(c23)-c2cc(CS(C)(=O)=O)ccc21. The largest absolute Gasteiger partial charge is 0.356 e. The van der Waals surface area contributed by atoms with Gasteiger partial charge in [0.15, 0.2) is 9.84 Å². The van der Waals surface area contributed by atoms with Gasteiger partial charge in [-0.1, -0.05) is 24.3 Å². The average Bonchev–Trinajstić information content (AvgIpc) is 3.14. The number of H-pyrrole nitrogens is 1. The van der Waals surface area contributed by atoms with Gasteiger partial charge in [0.25, 0.3) is 5.56 Å². The van der Waals surface area contributed by atoms with E-state index in [1.54, 1.807) is 42.5 Å². The Morgan fingerprint density at radius 2 is 1.83 bits per heavy atom. The minimum atomic E-state index is -3.26. The molecule has 2 N–H and O–H groups in total. The van der Waals surface area contributed by atoms with Crippen LogP contribution in [0.1, 0.15) is 22.3 Å². The highest BCUT2D eigenvalue weighted by Crippen LogP contribution is 2.41. The molecule has 2 aromatic heterocycles. The van der Waals surface area contributed by atoms with Crippen molar-refractivity contribution >= 4 is 38.1 Å². The van der Waals surface area contributed by atoms with E-state index >= 15 is 0 Å². The highest BCUT2D eigenvalue weighted by atomic mass is 32.2. The summed E-state index contributed by atoms with van der Waals surface area (Å²) < 4.78 is 25.5. The molecule has 0 unspecified atom stereocenters. The number of hydrogen-bond acceptors (Lipinski definition) is 4. The molecule has 0 saturated heterocycles. The fourth-order valence-electron chi connectivity index (χ4n) is 4.81. The molecule has 0 aliphatic carbocycles. The summed E-state index contributed by atoms with van der Waals surface area (Å²) in [5.74, 6) is -0.121. The Morgan fingerprint density at radius 3 is 2.51 bits per heavy atom. The van der Waals surface area contributed by atoms with E-state index in [0.717, 1.165) is 33.3 Å². The summed E-state index contributed by atoms with van der Waals surface area (Å²) in [6, 6.07) is 10.8. The lowest BCUT2D eigenvalue weighted by molar-refractivity contribution is 0.256. The van der Waals surface area contributed by atoms with E-state index in [4.69, 9.17) is 0 Å². The fraction of sp³-hybridized carbons (Fsp3) is 0.231. The second-order valence-corrected chi connectivity index (χ2v) is 11.4. The van der Waals surface area contributed by atoms with Crippen LogP contribution >= 0.6 is 0 Å². The third kappa shape index (κ3) is 4.01. The normalized spacial score (nSPS) is 13.0. The van der Waals surface area contributed by atoms with Crippen molar-refractivity contribution < 1.29 is 13.2 Å². The molecule has 0 radical (unpaired) electrons. The minimum Gasteiger partial charge on any atom is -0.356 e. The van der Waals surface area contributed by atoms with E-state index in [-0.39, 0.29) is 23.9 Å². The number of urea groups is 1. The molecule has 0 fully saturated rings. The van der Waals surface area contributed by atoms with Gasteiger partial charge in [0.05, 0.1) is 18.0 Å². The number of fused-ring (bicyclic) bond motifs is 2. The zero-order valence-electron chi connectivity index (χ0n) is 20.0. The van der Waals surface area contributed by atoms with Crippen LogP contribution in [0.2, 0.25) is 0 Å². The maximum Gasteiger partial charge on any atom is 0.326 e. The summed E-state index contributed by atoms with van der Waals surface area (Å²) >= 11 is 0. The summed E-state index contributed by atoms with van der Waals surface area (Å²) in [5.41, 5.74) is 6.47. The first-order chi connectivity index (χ1) is 16.5. The quantitative estimate of drug-likeness (QED) is 0.448. The summed E-state index contributed by atoms with van der Waals surface area (Å²) in [6.07, 6.45) is 4.70. The van der Waals surface area contributed by atoms with Crippen molar-refractivity contribution in [2.45, 2.75) is 26.1 Å². The molecule has 180 valence electrons. The molecule has 4 aromatic rings. The van der Waals surface area contributed by atoms with Crippen molar-refractivity contribution in [3.63, 3.8) is 0 Å². The standard InChI is InChI=1S/C26H26N4O4S/c1-15-6-5-7-16(2)23(15)28-26(32)30-12-18-11-27-24-22(18)20(13-29(3)25(24)31)19-10-17(8-9-21(19)30)14-35(4,33)34/h5-11,13,27H,12,14H2,1-4H3,(H,28,32). The second-order valence-electron chi connectivity index (χ2n) is 9.23. The van der Waals surface area contributed by atoms with Crippen LogP contribution in [0.4, 0.5) is 16.2 Å². The third-order valence-electron chi connectivity index (χ3n) is 6.45. The van der Waals surface area contributed by atoms with Crippen LogP contribution in [0.3, 0.4) is 0 Å². The number of sulfone groups is 1. The molecule has 0 bridgehead atoms. The van der Waals surface area contributed by atoms with Crippen LogP contribution in [0, 0.1) is 13.8 Å². The molecule has 1 aliphatic rings. The Balaban J connectivity index is 1.71. The monoisotopic (exact) mass is 490 g/mol. The van der Waals surface area contributed by atoms with E-state index in [0.29, 0.717) is 22.3 Å². The number of para-hydroxylation sites is 1. The molecule has 3 heterocycles. The van der Waals surface area contributed by atoms with Gasteiger partial charge >= 0.3 is 6.03 Å². The first kappa shape index (κ1) is 22.9. The number of pyridine rings is 1. The van der Waals surface area contributed by atoms with Crippen molar-refractivity contribution in [2.75, 3.05) is 16.5 Å². The van der Waals surface area contributed by atoms with Crippen LogP contribution < -0.4 is 15.8 Å². The van der Waals surface area contributed by atoms with Crippen LogP contribution in [0.15, 0.2) is 53.6 Å². The number of aromatic amines is 1. The number of aromatic nitrogens is 2. The van der Waals surface area contributed by atoms with Gasteiger partial charge in [0.1, 0.15) is 5.52 Å². The summed E-state index contributed by atoms with van der Waals surface area (Å²) in [5, 5.41) is 3.80. The zero-order chi connectivity index (χ0) is 25.1. The predicted molar refractivity (Wildman–Crippen MR) is 139 cm³/mol. The van der Waals surface area contributed by atoms with Gasteiger partial charge in [0.2, 0.25) is 0 Å². The Hall–Kier alpha value is -3.85. The number of hydrogen-bond donors (Lipinski definition) is 2. The van der Waals surface area contributed by atoms with E-state index in [1.807, 2.05) is 32.0 Å². The van der Waals surface area contributed by atoms with Crippen molar-refractivity contribution in [1.29, 1.82) is 0 Å². The molecule has 0 spiro atoms. The molecule has 8 nitrogen and oxygen atoms in total. The molecule has 5 rings (SSSR count). The number of amides is 2. The summed E-state index contributed by atoms with van der Waals surface area (Å²) in [4.78, 5) is 31.2. The zero-order valence-corrected chi connectivity index (χ0v) is 20.8. The molecule has 2 aromatic carbocycles. The maximum absolute atomic E-state index is 13.7. The van der Waals surface area contributed by atoms with Gasteiger partial charge in [-0.15, -0.1) is 0 Å². The highest BCUT2D eigenvalue weighted by Gasteiger charge is 2.28. The second kappa shape index (κ2) is 8.13. The smallest absolute Gasteiger partial charge is 0.326 e. The van der Waals surface area contributed by atoms with Gasteiger partial charge in [-0.25, -0.2) is 13.2 Å². The molecule has 9 heteroatoms. The number of nitrogens with zero attached hydrogens (tertiary/aromatic N) is 2. The minimum absolute atomic E-state index is 0.121. The number of anilines is 2. The van der Waals surface area contributed by atoms with Gasteiger partial charge in [-0.2, -0.15) is 0 Å². The lowest BCUT2D eigenvalue weighted by Crippen LogP contribution is -2.34. The highest BCUT2D eigenvalue weighted by molar-refractivity contribution is 7.89. The molecule has 0 saturated carbocycles. The van der Waals surface area contributed by atoms with E-state index < -0.39 is 9.84 Å². The number of aryl methyl sites for hydroxylation is 3. The molecule has 35 heavy (non-hydrogen) atoms. The van der Waals surface area contributed by atoms with E-state index in [2.05, 4.69) is 10.3 Å². The molecule has 2 amide bonds. The fourth-order valence-corrected chi connectivity index (χ4v) is 5.60. The van der Waals surface area contributed by atoms with E-state index in [1.165, 1.54) is 10.8 Å². The molecule has 0 atom stereocenters. The van der Waals surface area contributed by atoms with Crippen LogP contribution in [-0.2, 0) is 29.2 Å². The van der Waals surface area contributed by atoms with E-state index in [9.17, 15) is 18.0 Å². The number of rotatable bonds is 3. The predicted octanol–water partition coefficient (Wildman–Crippen LogP) is 4.25. The number of nitrogens with one attached hydrogen (secondary N) is 2. The van der Waals surface area contributed by atoms with Crippen LogP contribution in [0.25, 0.3) is 22.0 Å². The van der Waals surface area contributed by atoms with Gasteiger partial charge in [0, 0.05) is 47.9 Å². The molecule has 1 aliphatic heterocycles. The van der Waals surface area contributed by atoms with Crippen molar-refractivity contribution in [3.05, 3.63) is 81.4 Å². The Bertz CT molecular complexity index is 1660. The van der Waals surface area contributed by atoms with Gasteiger partial charge in [-0.3, -0.25) is 9.69 Å². The summed E-state index contributed by atoms with van der Waals surface area (Å²) in [7, 11) is -1.59. The van der Waals surface area contributed by atoms with Crippen LogP contribution in [0.5, 0.6) is 0 Å². The maximum atomic E-state index is 13.7. The van der Waals surface area contributed by atoms with Gasteiger partial charge < -0.3 is 14.9 Å². The van der Waals surface area contributed by atoms with Crippen molar-refractivity contribution in [3.8, 4) is 11.1 Å². The average molecular weight is 491 g/mol. The first-order valence-corrected chi connectivity index (χ1v) is 13.2. The number of carbonyl (C=O) groups excluding carboxylic acids is 1. The van der Waals surface area contributed by atoms with Crippen molar-refractivity contribution in [1.82, 2.24) is 9.55 Å². The van der Waals surface area contributed by atoms with Gasteiger partial charge in [-0.05, 0) is 48.2 Å². The van der Waals surface area contributed by atoms with Crippen LogP contribution in [-0.4, -0.2) is 30.3 Å². The lowest BCUT2D eigenvalue weighted by Gasteiger charge is -2.25. The lowest BCUT2D eigenvalue weighted by atomic mass is 9.99.